The van der Waals surface area contributed by atoms with Crippen molar-refractivity contribution in [3.63, 3.8) is 0 Å². The Morgan fingerprint density at radius 1 is 1.05 bits per heavy atom. The molecule has 21 heavy (non-hydrogen) atoms. The summed E-state index contributed by atoms with van der Waals surface area (Å²) in [4.78, 5) is 0. The number of anilines is 1. The number of rotatable bonds is 4. The van der Waals surface area contributed by atoms with Crippen LogP contribution in [0, 0.1) is 6.92 Å². The Bertz CT molecular complexity index is 610. The van der Waals surface area contributed by atoms with Gasteiger partial charge in [0, 0.05) is 17.8 Å². The Hall–Kier alpha value is -2.17. The normalized spacial score (nSPS) is 12.8. The summed E-state index contributed by atoms with van der Waals surface area (Å²) in [5.74, 6) is -0.232. The van der Waals surface area contributed by atoms with Gasteiger partial charge in [-0.05, 0) is 37.1 Å². The van der Waals surface area contributed by atoms with Crippen LogP contribution in [0.3, 0.4) is 0 Å². The van der Waals surface area contributed by atoms with E-state index in [1.54, 1.807) is 6.07 Å². The minimum atomic E-state index is -4.68. The average Bonchev–Trinajstić information content (AvgIpc) is 2.37. The zero-order valence-electron chi connectivity index (χ0n) is 11.7. The topological polar surface area (TPSA) is 21.3 Å². The number of alkyl halides is 3. The third-order valence-corrected chi connectivity index (χ3v) is 3.11. The van der Waals surface area contributed by atoms with Gasteiger partial charge in [0.25, 0.3) is 0 Å². The van der Waals surface area contributed by atoms with Crippen molar-refractivity contribution in [3.05, 3.63) is 59.7 Å². The van der Waals surface area contributed by atoms with E-state index in [0.29, 0.717) is 5.69 Å². The molecule has 0 saturated heterocycles. The number of nitrogens with one attached hydrogen (secondary N) is 1. The number of hydrogen-bond acceptors (Lipinski definition) is 2. The maximum absolute atomic E-state index is 12.2. The molecule has 0 aliphatic carbocycles. The van der Waals surface area contributed by atoms with Crippen molar-refractivity contribution in [2.75, 3.05) is 5.32 Å². The number of aryl methyl sites for hydroxylation is 1. The van der Waals surface area contributed by atoms with Crippen molar-refractivity contribution >= 4 is 5.69 Å². The predicted molar refractivity (Wildman–Crippen MR) is 76.3 cm³/mol. The molecule has 2 nitrogen and oxygen atoms in total. The van der Waals surface area contributed by atoms with Crippen molar-refractivity contribution in [1.82, 2.24) is 0 Å². The van der Waals surface area contributed by atoms with Crippen LogP contribution in [-0.4, -0.2) is 6.36 Å². The molecule has 2 aromatic rings. The Morgan fingerprint density at radius 3 is 2.43 bits per heavy atom. The van der Waals surface area contributed by atoms with E-state index in [1.165, 1.54) is 18.2 Å². The summed E-state index contributed by atoms with van der Waals surface area (Å²) in [6.07, 6.45) is -4.68. The smallest absolute Gasteiger partial charge is 0.406 e. The molecule has 0 aromatic heterocycles. The molecule has 0 amide bonds. The fourth-order valence-electron chi connectivity index (χ4n) is 2.18. The lowest BCUT2D eigenvalue weighted by Gasteiger charge is -2.18. The van der Waals surface area contributed by atoms with Crippen molar-refractivity contribution in [2.45, 2.75) is 26.3 Å². The van der Waals surface area contributed by atoms with E-state index in [9.17, 15) is 13.2 Å². The maximum atomic E-state index is 12.2. The minimum absolute atomic E-state index is 0.0210. The van der Waals surface area contributed by atoms with Crippen molar-refractivity contribution < 1.29 is 17.9 Å². The van der Waals surface area contributed by atoms with E-state index in [4.69, 9.17) is 0 Å². The molecule has 0 heterocycles. The Balaban J connectivity index is 2.13. The molecule has 0 aliphatic rings. The van der Waals surface area contributed by atoms with Crippen molar-refractivity contribution in [2.24, 2.45) is 0 Å². The fraction of sp³-hybridized carbons (Fsp3) is 0.250. The summed E-state index contributed by atoms with van der Waals surface area (Å²) >= 11 is 0. The van der Waals surface area contributed by atoms with Gasteiger partial charge < -0.3 is 10.1 Å². The Morgan fingerprint density at radius 2 is 1.76 bits per heavy atom. The first-order valence-corrected chi connectivity index (χ1v) is 6.53. The molecular weight excluding hydrogens is 279 g/mol. The van der Waals surface area contributed by atoms with E-state index in [2.05, 4.69) is 10.1 Å². The quantitative estimate of drug-likeness (QED) is 0.850. The first kappa shape index (κ1) is 15.2. The monoisotopic (exact) mass is 295 g/mol. The molecule has 0 radical (unpaired) electrons. The third kappa shape index (κ3) is 4.41. The number of hydrogen-bond donors (Lipinski definition) is 1. The number of ether oxygens (including phenoxy) is 1. The van der Waals surface area contributed by atoms with Crippen LogP contribution < -0.4 is 10.1 Å². The Kier molecular flexibility index (Phi) is 4.40. The van der Waals surface area contributed by atoms with Crippen LogP contribution in [-0.2, 0) is 0 Å². The lowest BCUT2D eigenvalue weighted by molar-refractivity contribution is -0.274. The first-order chi connectivity index (χ1) is 9.85. The molecule has 0 saturated carbocycles. The highest BCUT2D eigenvalue weighted by Gasteiger charge is 2.31. The molecule has 112 valence electrons. The van der Waals surface area contributed by atoms with Crippen LogP contribution in [0.4, 0.5) is 18.9 Å². The summed E-state index contributed by atoms with van der Waals surface area (Å²) in [6.45, 7) is 3.95. The molecular formula is C16H16F3NO. The largest absolute Gasteiger partial charge is 0.573 e. The van der Waals surface area contributed by atoms with Gasteiger partial charge in [-0.25, -0.2) is 0 Å². The van der Waals surface area contributed by atoms with E-state index < -0.39 is 6.36 Å². The number of benzene rings is 2. The zero-order valence-corrected chi connectivity index (χ0v) is 11.7. The van der Waals surface area contributed by atoms with Gasteiger partial charge in [-0.3, -0.25) is 0 Å². The molecule has 0 aliphatic heterocycles. The second-order valence-electron chi connectivity index (χ2n) is 4.80. The predicted octanol–water partition coefficient (Wildman–Crippen LogP) is 5.07. The van der Waals surface area contributed by atoms with Crippen molar-refractivity contribution in [1.29, 1.82) is 0 Å². The molecule has 5 heteroatoms. The van der Waals surface area contributed by atoms with Crippen LogP contribution in [0.15, 0.2) is 48.5 Å². The van der Waals surface area contributed by atoms with Gasteiger partial charge in [0.05, 0.1) is 0 Å². The van der Waals surface area contributed by atoms with Crippen LogP contribution in [0.5, 0.6) is 5.75 Å². The summed E-state index contributed by atoms with van der Waals surface area (Å²) in [7, 11) is 0. The molecule has 2 rings (SSSR count). The average molecular weight is 295 g/mol. The van der Waals surface area contributed by atoms with E-state index in [0.717, 1.165) is 11.1 Å². The van der Waals surface area contributed by atoms with Gasteiger partial charge >= 0.3 is 6.36 Å². The van der Waals surface area contributed by atoms with Gasteiger partial charge in [0.15, 0.2) is 0 Å². The Labute approximate surface area is 121 Å². The standard InChI is InChI=1S/C16H16F3NO/c1-11-6-3-4-9-15(11)12(2)20-13-7-5-8-14(10-13)21-16(17,18)19/h3-10,12,20H,1-2H3. The van der Waals surface area contributed by atoms with Gasteiger partial charge in [0.1, 0.15) is 5.75 Å². The van der Waals surface area contributed by atoms with Crippen LogP contribution in [0.2, 0.25) is 0 Å². The van der Waals surface area contributed by atoms with E-state index >= 15 is 0 Å². The van der Waals surface area contributed by atoms with Crippen LogP contribution >= 0.6 is 0 Å². The second kappa shape index (κ2) is 6.08. The lowest BCUT2D eigenvalue weighted by Crippen LogP contribution is -2.17. The minimum Gasteiger partial charge on any atom is -0.406 e. The molecule has 0 fully saturated rings. The summed E-state index contributed by atoms with van der Waals surface area (Å²) in [5.41, 5.74) is 2.80. The van der Waals surface area contributed by atoms with Gasteiger partial charge in [-0.2, -0.15) is 0 Å². The van der Waals surface area contributed by atoms with E-state index in [-0.39, 0.29) is 11.8 Å². The third-order valence-electron chi connectivity index (χ3n) is 3.11. The zero-order chi connectivity index (χ0) is 15.5. The lowest BCUT2D eigenvalue weighted by atomic mass is 10.0. The summed E-state index contributed by atoms with van der Waals surface area (Å²) < 4.78 is 40.5. The highest BCUT2D eigenvalue weighted by molar-refractivity contribution is 5.50. The second-order valence-corrected chi connectivity index (χ2v) is 4.80. The summed E-state index contributed by atoms with van der Waals surface area (Å²) in [5, 5.41) is 3.18. The molecule has 1 atom stereocenters. The highest BCUT2D eigenvalue weighted by Crippen LogP contribution is 2.27. The van der Waals surface area contributed by atoms with Crippen molar-refractivity contribution in [3.8, 4) is 5.75 Å². The van der Waals surface area contributed by atoms with Crippen LogP contribution in [0.1, 0.15) is 24.1 Å². The van der Waals surface area contributed by atoms with Gasteiger partial charge in [-0.1, -0.05) is 30.3 Å². The SMILES string of the molecule is Cc1ccccc1C(C)Nc1cccc(OC(F)(F)F)c1. The maximum Gasteiger partial charge on any atom is 0.573 e. The van der Waals surface area contributed by atoms with Gasteiger partial charge in [0.2, 0.25) is 0 Å². The molecule has 1 unspecified atom stereocenters. The highest BCUT2D eigenvalue weighted by atomic mass is 19.4. The molecule has 0 bridgehead atoms. The van der Waals surface area contributed by atoms with E-state index in [1.807, 2.05) is 38.1 Å². The number of halogens is 3. The summed E-state index contributed by atoms with van der Waals surface area (Å²) in [6, 6.07) is 13.7. The molecule has 1 N–H and O–H groups in total. The van der Waals surface area contributed by atoms with Crippen LogP contribution in [0.25, 0.3) is 0 Å². The molecule has 0 spiro atoms. The first-order valence-electron chi connectivity index (χ1n) is 6.53. The van der Waals surface area contributed by atoms with Gasteiger partial charge in [-0.15, -0.1) is 13.2 Å². The fourth-order valence-corrected chi connectivity index (χ4v) is 2.18. The molecule has 2 aromatic carbocycles.